The topological polar surface area (TPSA) is 66.8 Å². The van der Waals surface area contributed by atoms with Crippen molar-refractivity contribution in [1.29, 1.82) is 0 Å². The van der Waals surface area contributed by atoms with Gasteiger partial charge in [0.1, 0.15) is 0 Å². The lowest BCUT2D eigenvalue weighted by Gasteiger charge is -2.22. The smallest absolute Gasteiger partial charge is 0.375 e. The second-order valence-electron chi connectivity index (χ2n) is 8.56. The highest BCUT2D eigenvalue weighted by molar-refractivity contribution is 7.85. The van der Waals surface area contributed by atoms with Crippen LogP contribution < -0.4 is 14.2 Å². The van der Waals surface area contributed by atoms with Gasteiger partial charge in [0.05, 0.1) is 18.4 Å². The Hall–Kier alpha value is -4.07. The Morgan fingerprint density at radius 2 is 1.69 bits per heavy atom. The number of aromatic nitrogens is 1. The molecule has 3 aromatic carbocycles. The Balaban J connectivity index is 1.37. The summed E-state index contributed by atoms with van der Waals surface area (Å²) >= 11 is 4.65. The number of benzene rings is 3. The van der Waals surface area contributed by atoms with Crippen molar-refractivity contribution < 1.29 is 23.6 Å². The Morgan fingerprint density at radius 3 is 2.50 bits per heavy atom. The van der Waals surface area contributed by atoms with E-state index in [1.807, 2.05) is 71.6 Å². The maximum absolute atomic E-state index is 13.2. The second kappa shape index (κ2) is 9.18. The van der Waals surface area contributed by atoms with Crippen LogP contribution in [0.15, 0.2) is 111 Å². The van der Waals surface area contributed by atoms with E-state index < -0.39 is 0 Å². The van der Waals surface area contributed by atoms with E-state index in [2.05, 4.69) is 29.3 Å². The number of hydrogen-bond donors (Lipinski definition) is 2. The summed E-state index contributed by atoms with van der Waals surface area (Å²) < 4.78 is 14.2. The maximum Gasteiger partial charge on any atom is 0.375 e. The van der Waals surface area contributed by atoms with Crippen molar-refractivity contribution in [3.8, 4) is 5.75 Å². The molecule has 1 aliphatic carbocycles. The highest BCUT2D eigenvalue weighted by Crippen LogP contribution is 2.41. The van der Waals surface area contributed by atoms with Gasteiger partial charge in [0.25, 0.3) is 5.52 Å². The number of fused-ring (bicyclic) bond motifs is 2. The van der Waals surface area contributed by atoms with Gasteiger partial charge < -0.3 is 19.2 Å². The zero-order valence-corrected chi connectivity index (χ0v) is 20.2. The molecule has 0 saturated heterocycles. The third kappa shape index (κ3) is 3.82. The number of aliphatic hydroxyl groups is 1. The van der Waals surface area contributed by atoms with Crippen LogP contribution in [0.1, 0.15) is 11.5 Å². The number of allylic oxidation sites excluding steroid dienone is 3. The number of rotatable bonds is 6. The molecule has 4 aromatic rings. The molecule has 1 aliphatic heterocycles. The van der Waals surface area contributed by atoms with Crippen molar-refractivity contribution >= 4 is 41.3 Å². The van der Waals surface area contributed by atoms with Crippen LogP contribution in [0.3, 0.4) is 0 Å². The van der Waals surface area contributed by atoms with E-state index in [0.717, 1.165) is 22.4 Å². The number of carbonyl (C=O) groups is 1. The molecular formula is C29H23N2O4S+. The van der Waals surface area contributed by atoms with Gasteiger partial charge in [0, 0.05) is 40.3 Å². The maximum atomic E-state index is 13.2. The van der Waals surface area contributed by atoms with Gasteiger partial charge in [-0.15, -0.1) is 12.6 Å². The molecule has 0 bridgehead atoms. The fraction of sp³-hybridized carbons (Fsp3) is 0.103. The molecule has 0 spiro atoms. The van der Waals surface area contributed by atoms with Crippen molar-refractivity contribution in [3.63, 3.8) is 0 Å². The molecule has 2 heterocycles. The third-order valence-corrected chi connectivity index (χ3v) is 6.80. The van der Waals surface area contributed by atoms with Crippen LogP contribution in [0.5, 0.6) is 5.75 Å². The van der Waals surface area contributed by atoms with E-state index in [0.29, 0.717) is 46.7 Å². The van der Waals surface area contributed by atoms with E-state index in [-0.39, 0.29) is 12.4 Å². The minimum atomic E-state index is -0.136. The number of β-amino-alcohol motifs (C(OH)–C–C–N with tert-alkyl or cyclic N) is 1. The van der Waals surface area contributed by atoms with Crippen LogP contribution >= 0.6 is 12.6 Å². The molecule has 0 saturated carbocycles. The molecule has 178 valence electrons. The molecule has 36 heavy (non-hydrogen) atoms. The summed E-state index contributed by atoms with van der Waals surface area (Å²) in [5.74, 6) is 1.61. The van der Waals surface area contributed by atoms with Gasteiger partial charge in [-0.2, -0.15) is 4.57 Å². The number of anilines is 1. The summed E-state index contributed by atoms with van der Waals surface area (Å²) in [5, 5.41) is 9.54. The summed E-state index contributed by atoms with van der Waals surface area (Å²) in [6.45, 7) is 0.914. The third-order valence-electron chi connectivity index (χ3n) is 6.32. The molecule has 1 N–H and O–H groups in total. The number of nitrogens with zero attached hydrogens (tertiary/aromatic N) is 2. The summed E-state index contributed by atoms with van der Waals surface area (Å²) in [6, 6.07) is 25.5. The molecule has 0 atom stereocenters. The fourth-order valence-electron chi connectivity index (χ4n) is 4.54. The van der Waals surface area contributed by atoms with E-state index in [9.17, 15) is 9.90 Å². The first-order valence-electron chi connectivity index (χ1n) is 11.7. The number of Topliss-reactive ketones (excluding diaryl/α,β-unsaturated/α-hetero) is 1. The normalized spacial score (nSPS) is 17.2. The first-order chi connectivity index (χ1) is 17.6. The number of ether oxygens (including phenoxy) is 1. The average Bonchev–Trinajstić information content (AvgIpc) is 3.44. The molecule has 0 radical (unpaired) electrons. The quantitative estimate of drug-likeness (QED) is 0.232. The van der Waals surface area contributed by atoms with Crippen LogP contribution in [0.25, 0.3) is 17.2 Å². The largest absolute Gasteiger partial charge is 0.439 e. The van der Waals surface area contributed by atoms with Gasteiger partial charge in [-0.1, -0.05) is 54.6 Å². The lowest BCUT2D eigenvalue weighted by Crippen LogP contribution is -2.36. The van der Waals surface area contributed by atoms with Gasteiger partial charge in [-0.3, -0.25) is 4.79 Å². The lowest BCUT2D eigenvalue weighted by molar-refractivity contribution is -0.669. The number of thiol groups is 1. The molecule has 0 amide bonds. The number of aliphatic hydroxyl groups excluding tert-OH is 1. The van der Waals surface area contributed by atoms with Crippen LogP contribution in [0.4, 0.5) is 5.69 Å². The number of oxazole rings is 1. The SMILES string of the molecule is O=C1C(/C=C2/Oc3ccccc3N2CCO)=C(S)C/1=C\c1oc2ccccc2[n+]1Cc1ccccc1. The van der Waals surface area contributed by atoms with Crippen LogP contribution in [0.2, 0.25) is 0 Å². The predicted octanol–water partition coefficient (Wildman–Crippen LogP) is 4.65. The van der Waals surface area contributed by atoms with Gasteiger partial charge >= 0.3 is 5.89 Å². The minimum absolute atomic E-state index is 0.0472. The number of hydrogen-bond acceptors (Lipinski definition) is 6. The van der Waals surface area contributed by atoms with Gasteiger partial charge in [0.15, 0.2) is 18.1 Å². The summed E-state index contributed by atoms with van der Waals surface area (Å²) in [7, 11) is 0. The second-order valence-corrected chi connectivity index (χ2v) is 9.00. The fourth-order valence-corrected chi connectivity index (χ4v) is 4.87. The molecule has 6 nitrogen and oxygen atoms in total. The van der Waals surface area contributed by atoms with Crippen molar-refractivity contribution in [2.75, 3.05) is 18.1 Å². The van der Waals surface area contributed by atoms with Crippen molar-refractivity contribution in [2.24, 2.45) is 0 Å². The lowest BCUT2D eigenvalue weighted by atomic mass is 9.89. The standard InChI is InChI=1S/C29H22N2O4S/c32-15-14-30-22-10-4-6-12-24(22)34-26(30)16-20-28(33)21(29(20)36)17-27-31(18-19-8-2-1-3-9-19)23-11-5-7-13-25(23)35-27/h1-13,16-17,32H,14-15,18H2/p+1. The Morgan fingerprint density at radius 1 is 0.944 bits per heavy atom. The molecule has 2 aliphatic rings. The first kappa shape index (κ1) is 22.4. The zero-order valence-electron chi connectivity index (χ0n) is 19.3. The summed E-state index contributed by atoms with van der Waals surface area (Å²) in [4.78, 5) is 15.6. The van der Waals surface area contributed by atoms with Crippen LogP contribution in [-0.2, 0) is 11.3 Å². The molecule has 1 aromatic heterocycles. The Kier molecular flexibility index (Phi) is 5.71. The minimum Gasteiger partial charge on any atom is -0.439 e. The van der Waals surface area contributed by atoms with Gasteiger partial charge in [0.2, 0.25) is 11.5 Å². The Bertz CT molecular complexity index is 1580. The summed E-state index contributed by atoms with van der Waals surface area (Å²) in [6.07, 6.45) is 3.44. The monoisotopic (exact) mass is 495 g/mol. The number of ketones is 1. The first-order valence-corrected chi connectivity index (χ1v) is 12.1. The molecular weight excluding hydrogens is 472 g/mol. The van der Waals surface area contributed by atoms with Crippen molar-refractivity contribution in [2.45, 2.75) is 6.54 Å². The zero-order chi connectivity index (χ0) is 24.6. The average molecular weight is 496 g/mol. The molecule has 0 unspecified atom stereocenters. The number of carbonyl (C=O) groups excluding carboxylic acids is 1. The van der Waals surface area contributed by atoms with Gasteiger partial charge in [-0.05, 0) is 18.2 Å². The van der Waals surface area contributed by atoms with Crippen LogP contribution in [0, 0.1) is 0 Å². The van der Waals surface area contributed by atoms with E-state index in [4.69, 9.17) is 9.15 Å². The van der Waals surface area contributed by atoms with Crippen molar-refractivity contribution in [1.82, 2.24) is 0 Å². The highest BCUT2D eigenvalue weighted by Gasteiger charge is 2.35. The van der Waals surface area contributed by atoms with Crippen molar-refractivity contribution in [3.05, 3.63) is 118 Å². The summed E-state index contributed by atoms with van der Waals surface area (Å²) in [5.41, 5.74) is 4.62. The molecule has 0 fully saturated rings. The number of para-hydroxylation sites is 4. The van der Waals surface area contributed by atoms with E-state index in [1.165, 1.54) is 0 Å². The van der Waals surface area contributed by atoms with Crippen LogP contribution in [-0.4, -0.2) is 24.0 Å². The molecule has 6 rings (SSSR count). The van der Waals surface area contributed by atoms with E-state index >= 15 is 0 Å². The Labute approximate surface area is 213 Å². The highest BCUT2D eigenvalue weighted by atomic mass is 32.1. The van der Waals surface area contributed by atoms with E-state index in [1.54, 1.807) is 12.2 Å². The predicted molar refractivity (Wildman–Crippen MR) is 141 cm³/mol. The van der Waals surface area contributed by atoms with Gasteiger partial charge in [-0.25, -0.2) is 0 Å². The molecule has 7 heteroatoms.